The van der Waals surface area contributed by atoms with Gasteiger partial charge in [-0.1, -0.05) is 30.3 Å². The van der Waals surface area contributed by atoms with E-state index in [0.29, 0.717) is 29.2 Å². The number of hydrogen-bond acceptors (Lipinski definition) is 4. The van der Waals surface area contributed by atoms with Crippen molar-refractivity contribution >= 4 is 34.9 Å². The summed E-state index contributed by atoms with van der Waals surface area (Å²) in [5.74, 6) is 0.185. The first-order valence-corrected chi connectivity index (χ1v) is 10.6. The van der Waals surface area contributed by atoms with Gasteiger partial charge in [0.1, 0.15) is 0 Å². The van der Waals surface area contributed by atoms with Gasteiger partial charge in [-0.15, -0.1) is 0 Å². The number of alkyl halides is 3. The van der Waals surface area contributed by atoms with Crippen LogP contribution in [0, 0.1) is 5.92 Å². The largest absolute Gasteiger partial charge is 0.465 e. The molecular formula is C21H22F3N3O2S. The summed E-state index contributed by atoms with van der Waals surface area (Å²) in [5, 5.41) is 17.9. The summed E-state index contributed by atoms with van der Waals surface area (Å²) < 4.78 is 40.4. The van der Waals surface area contributed by atoms with Gasteiger partial charge in [-0.25, -0.2) is 4.79 Å². The third kappa shape index (κ3) is 4.61. The zero-order valence-corrected chi connectivity index (χ0v) is 16.9. The molecule has 2 aromatic carbocycles. The number of fused-ring (bicyclic) bond motifs is 2. The minimum Gasteiger partial charge on any atom is -0.465 e. The van der Waals surface area contributed by atoms with Crippen LogP contribution in [0.25, 0.3) is 0 Å². The van der Waals surface area contributed by atoms with E-state index in [0.717, 1.165) is 35.9 Å². The van der Waals surface area contributed by atoms with Crippen LogP contribution in [-0.4, -0.2) is 23.8 Å². The van der Waals surface area contributed by atoms with Crippen LogP contribution in [0.3, 0.4) is 0 Å². The van der Waals surface area contributed by atoms with E-state index in [1.807, 2.05) is 24.3 Å². The Hall–Kier alpha value is -2.55. The topological polar surface area (TPSA) is 73.4 Å². The van der Waals surface area contributed by atoms with E-state index < -0.39 is 17.8 Å². The Bertz CT molecular complexity index is 952. The van der Waals surface area contributed by atoms with Gasteiger partial charge in [-0.3, -0.25) is 0 Å². The summed E-state index contributed by atoms with van der Waals surface area (Å²) in [5.41, 5.74) is 1.23. The van der Waals surface area contributed by atoms with Crippen molar-refractivity contribution in [3.05, 3.63) is 42.0 Å². The van der Waals surface area contributed by atoms with Crippen LogP contribution in [0.15, 0.2) is 46.2 Å². The van der Waals surface area contributed by atoms with Crippen molar-refractivity contribution < 1.29 is 23.1 Å². The number of carbonyl (C=O) groups is 1. The highest BCUT2D eigenvalue weighted by Gasteiger charge is 2.33. The number of carboxylic acid groups (broad SMARTS) is 1. The van der Waals surface area contributed by atoms with E-state index >= 15 is 0 Å². The van der Waals surface area contributed by atoms with Gasteiger partial charge < -0.3 is 21.1 Å². The van der Waals surface area contributed by atoms with Gasteiger partial charge in [0.05, 0.1) is 22.6 Å². The molecule has 4 N–H and O–H groups in total. The molecule has 2 aliphatic rings. The van der Waals surface area contributed by atoms with Gasteiger partial charge in [0.15, 0.2) is 0 Å². The first-order valence-electron chi connectivity index (χ1n) is 9.82. The number of rotatable bonds is 4. The molecule has 1 aliphatic heterocycles. The molecule has 4 rings (SSSR count). The standard InChI is InChI=1S/C21H22F3N3O2S/c22-21(23,24)13-9-16(25-11-12-4-3-5-14(8-12)26-20(28)29)19-18(10-13)30-17-7-2-1-6-15(17)27-19/h1-2,6-7,9-10,12,14,25-27H,3-5,8,11H2,(H,28,29). The van der Waals surface area contributed by atoms with Crippen LogP contribution in [0.4, 0.5) is 35.0 Å². The lowest BCUT2D eigenvalue weighted by Gasteiger charge is -2.30. The fraction of sp³-hybridized carbons (Fsp3) is 0.381. The second-order valence-electron chi connectivity index (χ2n) is 7.68. The Morgan fingerprint density at radius 1 is 1.20 bits per heavy atom. The fourth-order valence-corrected chi connectivity index (χ4v) is 5.14. The van der Waals surface area contributed by atoms with Crippen LogP contribution in [0.1, 0.15) is 31.2 Å². The molecule has 0 bridgehead atoms. The lowest BCUT2D eigenvalue weighted by molar-refractivity contribution is -0.137. The Kier molecular flexibility index (Phi) is 5.73. The molecule has 1 heterocycles. The van der Waals surface area contributed by atoms with Crippen molar-refractivity contribution in [2.45, 2.75) is 47.7 Å². The summed E-state index contributed by atoms with van der Waals surface area (Å²) in [7, 11) is 0. The summed E-state index contributed by atoms with van der Waals surface area (Å²) in [4.78, 5) is 12.3. The quantitative estimate of drug-likeness (QED) is 0.394. The second-order valence-corrected chi connectivity index (χ2v) is 8.76. The molecule has 160 valence electrons. The molecule has 9 heteroatoms. The molecule has 2 unspecified atom stereocenters. The fourth-order valence-electron chi connectivity index (χ4n) is 4.08. The predicted molar refractivity (Wildman–Crippen MR) is 111 cm³/mol. The van der Waals surface area contributed by atoms with Gasteiger partial charge in [0, 0.05) is 22.4 Å². The Balaban J connectivity index is 1.56. The van der Waals surface area contributed by atoms with Crippen molar-refractivity contribution in [2.24, 2.45) is 5.92 Å². The van der Waals surface area contributed by atoms with E-state index in [1.165, 1.54) is 17.8 Å². The third-order valence-corrected chi connectivity index (χ3v) is 6.61. The molecule has 0 radical (unpaired) electrons. The summed E-state index contributed by atoms with van der Waals surface area (Å²) in [6.45, 7) is 0.486. The summed E-state index contributed by atoms with van der Waals surface area (Å²) >= 11 is 1.32. The average molecular weight is 437 g/mol. The maximum Gasteiger partial charge on any atom is 0.416 e. The van der Waals surface area contributed by atoms with Crippen molar-refractivity contribution in [3.8, 4) is 0 Å². The minimum absolute atomic E-state index is 0.112. The Morgan fingerprint density at radius 2 is 2.00 bits per heavy atom. The maximum atomic E-state index is 13.5. The minimum atomic E-state index is -4.44. The summed E-state index contributed by atoms with van der Waals surface area (Å²) in [6.07, 6.45) is -2.22. The van der Waals surface area contributed by atoms with Gasteiger partial charge >= 0.3 is 12.3 Å². The predicted octanol–water partition coefficient (Wildman–Crippen LogP) is 6.15. The van der Waals surface area contributed by atoms with Crippen LogP contribution in [0.5, 0.6) is 0 Å². The molecule has 1 aliphatic carbocycles. The molecule has 1 fully saturated rings. The Labute approximate surface area is 176 Å². The number of anilines is 3. The van der Waals surface area contributed by atoms with E-state index in [1.54, 1.807) is 0 Å². The van der Waals surface area contributed by atoms with Gasteiger partial charge in [0.2, 0.25) is 0 Å². The first kappa shape index (κ1) is 20.7. The van der Waals surface area contributed by atoms with Crippen molar-refractivity contribution in [3.63, 3.8) is 0 Å². The molecule has 30 heavy (non-hydrogen) atoms. The lowest BCUT2D eigenvalue weighted by atomic mass is 9.85. The van der Waals surface area contributed by atoms with Crippen LogP contribution in [-0.2, 0) is 6.18 Å². The zero-order chi connectivity index (χ0) is 21.3. The summed E-state index contributed by atoms with van der Waals surface area (Å²) in [6, 6.07) is 9.73. The molecule has 1 saturated carbocycles. The molecule has 2 atom stereocenters. The van der Waals surface area contributed by atoms with Gasteiger partial charge in [-0.05, 0) is 49.4 Å². The van der Waals surface area contributed by atoms with Crippen LogP contribution < -0.4 is 16.0 Å². The highest BCUT2D eigenvalue weighted by molar-refractivity contribution is 7.99. The molecule has 0 saturated heterocycles. The average Bonchev–Trinajstić information content (AvgIpc) is 2.69. The molecule has 5 nitrogen and oxygen atoms in total. The second kappa shape index (κ2) is 8.29. The SMILES string of the molecule is O=C(O)NC1CCCC(CNc2cc(C(F)(F)F)cc3c2Nc2ccccc2S3)C1. The monoisotopic (exact) mass is 437 g/mol. The number of hydrogen-bond donors (Lipinski definition) is 4. The number of benzene rings is 2. The zero-order valence-electron chi connectivity index (χ0n) is 16.1. The van der Waals surface area contributed by atoms with Crippen LogP contribution >= 0.6 is 11.8 Å². The molecule has 1 amide bonds. The van der Waals surface area contributed by atoms with Gasteiger partial charge in [-0.2, -0.15) is 13.2 Å². The lowest BCUT2D eigenvalue weighted by Crippen LogP contribution is -2.38. The normalized spacial score (nSPS) is 20.5. The number of halogens is 3. The van der Waals surface area contributed by atoms with Crippen molar-refractivity contribution in [2.75, 3.05) is 17.2 Å². The highest BCUT2D eigenvalue weighted by atomic mass is 32.2. The number of amides is 1. The Morgan fingerprint density at radius 3 is 2.77 bits per heavy atom. The first-order chi connectivity index (χ1) is 14.3. The van der Waals surface area contributed by atoms with Crippen molar-refractivity contribution in [1.29, 1.82) is 0 Å². The van der Waals surface area contributed by atoms with E-state index in [4.69, 9.17) is 5.11 Å². The third-order valence-electron chi connectivity index (χ3n) is 5.49. The number of para-hydroxylation sites is 1. The molecule has 2 aromatic rings. The molecule has 0 spiro atoms. The van der Waals surface area contributed by atoms with Gasteiger partial charge in [0.25, 0.3) is 0 Å². The highest BCUT2D eigenvalue weighted by Crippen LogP contribution is 2.49. The maximum absolute atomic E-state index is 13.5. The van der Waals surface area contributed by atoms with Crippen LogP contribution in [0.2, 0.25) is 0 Å². The van der Waals surface area contributed by atoms with E-state index in [9.17, 15) is 18.0 Å². The van der Waals surface area contributed by atoms with E-state index in [2.05, 4.69) is 16.0 Å². The number of nitrogens with one attached hydrogen (secondary N) is 3. The molecule has 0 aromatic heterocycles. The van der Waals surface area contributed by atoms with Crippen molar-refractivity contribution in [1.82, 2.24) is 5.32 Å². The molecular weight excluding hydrogens is 415 g/mol. The smallest absolute Gasteiger partial charge is 0.416 e. The van der Waals surface area contributed by atoms with E-state index in [-0.39, 0.29) is 12.0 Å².